The average Bonchev–Trinajstić information content (AvgIpc) is 3.33. The van der Waals surface area contributed by atoms with Crippen LogP contribution in [0.3, 0.4) is 0 Å². The maximum Gasteiger partial charge on any atom is 0.423 e. The smallest absolute Gasteiger partial charge is 0.423 e. The standard InChI is InChI=1S/C28H29F5N4O5/c29-23-12-17-11-21(41-26(17)14-24(23)30)15-35-7-9-36(10-8-35)27(16-38)42-20-4-1-18(2-5-20)34-19-3-6-25(37(39)40)22(13-19)28(31,32)33/h3,6,11-14,16,18,20,27,34H,1-2,4-5,7-10,15H2. The Hall–Kier alpha value is -3.62. The van der Waals surface area contributed by atoms with Gasteiger partial charge in [0.1, 0.15) is 16.9 Å². The average molecular weight is 597 g/mol. The van der Waals surface area contributed by atoms with E-state index >= 15 is 0 Å². The number of nitrogens with one attached hydrogen (secondary N) is 1. The first-order chi connectivity index (χ1) is 20.0. The SMILES string of the molecule is O=CC(OC1CCC(Nc2ccc([N+](=O)[O-])c(C(F)(F)F)c2)CC1)N1CCN(Cc2cc3cc(F)c(F)cc3o2)CC1. The van der Waals surface area contributed by atoms with Gasteiger partial charge in [-0.3, -0.25) is 24.7 Å². The molecule has 226 valence electrons. The van der Waals surface area contributed by atoms with E-state index in [0.717, 1.165) is 30.6 Å². The Morgan fingerprint density at radius 1 is 1.05 bits per heavy atom. The Morgan fingerprint density at radius 2 is 1.74 bits per heavy atom. The van der Waals surface area contributed by atoms with Crippen molar-refractivity contribution in [2.45, 2.75) is 56.8 Å². The largest absolute Gasteiger partial charge is 0.460 e. The number of halogens is 5. The Morgan fingerprint density at radius 3 is 2.38 bits per heavy atom. The molecule has 0 radical (unpaired) electrons. The van der Waals surface area contributed by atoms with Gasteiger partial charge in [0, 0.05) is 55.4 Å². The van der Waals surface area contributed by atoms with Gasteiger partial charge < -0.3 is 14.5 Å². The maximum absolute atomic E-state index is 13.5. The molecule has 5 rings (SSSR count). The van der Waals surface area contributed by atoms with Crippen LogP contribution in [0.25, 0.3) is 11.0 Å². The maximum atomic E-state index is 13.5. The number of carbonyl (C=O) groups excluding carboxylic acids is 1. The van der Waals surface area contributed by atoms with Crippen molar-refractivity contribution < 1.29 is 40.8 Å². The van der Waals surface area contributed by atoms with Crippen LogP contribution in [-0.2, 0) is 22.3 Å². The number of anilines is 1. The first kappa shape index (κ1) is 29.9. The van der Waals surface area contributed by atoms with Crippen LogP contribution in [0.4, 0.5) is 33.3 Å². The fourth-order valence-electron chi connectivity index (χ4n) is 5.56. The number of nitro groups is 1. The van der Waals surface area contributed by atoms with Crippen LogP contribution in [0, 0.1) is 21.7 Å². The molecule has 1 saturated carbocycles. The monoisotopic (exact) mass is 596 g/mol. The number of aldehydes is 1. The quantitative estimate of drug-likeness (QED) is 0.145. The number of ether oxygens (including phenoxy) is 1. The number of furan rings is 1. The minimum atomic E-state index is -4.85. The van der Waals surface area contributed by atoms with Gasteiger partial charge in [0.05, 0.1) is 17.6 Å². The molecule has 42 heavy (non-hydrogen) atoms. The molecule has 1 aliphatic heterocycles. The third-order valence-electron chi connectivity index (χ3n) is 7.75. The van der Waals surface area contributed by atoms with Crippen LogP contribution in [0.1, 0.15) is 37.0 Å². The van der Waals surface area contributed by atoms with Gasteiger partial charge in [-0.1, -0.05) is 0 Å². The molecular weight excluding hydrogens is 567 g/mol. The van der Waals surface area contributed by atoms with E-state index in [-0.39, 0.29) is 23.4 Å². The molecule has 0 spiro atoms. The van der Waals surface area contributed by atoms with Crippen molar-refractivity contribution in [2.24, 2.45) is 0 Å². The van der Waals surface area contributed by atoms with Gasteiger partial charge in [-0.25, -0.2) is 8.78 Å². The summed E-state index contributed by atoms with van der Waals surface area (Å²) < 4.78 is 78.6. The number of benzene rings is 2. The second-order valence-corrected chi connectivity index (χ2v) is 10.6. The predicted molar refractivity (Wildman–Crippen MR) is 142 cm³/mol. The van der Waals surface area contributed by atoms with Crippen LogP contribution in [-0.4, -0.2) is 65.6 Å². The summed E-state index contributed by atoms with van der Waals surface area (Å²) >= 11 is 0. The fourth-order valence-corrected chi connectivity index (χ4v) is 5.56. The van der Waals surface area contributed by atoms with Gasteiger partial charge in [0.2, 0.25) is 0 Å². The number of hydrogen-bond acceptors (Lipinski definition) is 8. The minimum Gasteiger partial charge on any atom is -0.460 e. The summed E-state index contributed by atoms with van der Waals surface area (Å²) in [5.41, 5.74) is -1.86. The second kappa shape index (κ2) is 12.3. The van der Waals surface area contributed by atoms with Crippen molar-refractivity contribution in [3.8, 4) is 0 Å². The molecule has 0 amide bonds. The minimum absolute atomic E-state index is 0.142. The van der Waals surface area contributed by atoms with Gasteiger partial charge in [-0.2, -0.15) is 13.2 Å². The van der Waals surface area contributed by atoms with Crippen LogP contribution >= 0.6 is 0 Å². The third kappa shape index (κ3) is 6.88. The normalized spacial score (nSPS) is 21.4. The number of hydrogen-bond donors (Lipinski definition) is 1. The molecule has 9 nitrogen and oxygen atoms in total. The van der Waals surface area contributed by atoms with E-state index in [4.69, 9.17) is 9.15 Å². The third-order valence-corrected chi connectivity index (χ3v) is 7.75. The van der Waals surface area contributed by atoms with E-state index in [1.165, 1.54) is 6.07 Å². The topological polar surface area (TPSA) is 101 Å². The lowest BCUT2D eigenvalue weighted by Gasteiger charge is -2.39. The Balaban J connectivity index is 1.09. The highest BCUT2D eigenvalue weighted by Gasteiger charge is 2.38. The van der Waals surface area contributed by atoms with Gasteiger partial charge in [-0.15, -0.1) is 0 Å². The zero-order valence-electron chi connectivity index (χ0n) is 22.4. The Kier molecular flexibility index (Phi) is 8.76. The lowest BCUT2D eigenvalue weighted by molar-refractivity contribution is -0.388. The molecule has 14 heteroatoms. The lowest BCUT2D eigenvalue weighted by atomic mass is 9.92. The van der Waals surface area contributed by atoms with Gasteiger partial charge in [-0.05, 0) is 49.9 Å². The van der Waals surface area contributed by atoms with Crippen molar-refractivity contribution in [2.75, 3.05) is 31.5 Å². The first-order valence-electron chi connectivity index (χ1n) is 13.6. The fraction of sp³-hybridized carbons (Fsp3) is 0.464. The number of nitro benzene ring substituents is 1. The number of carbonyl (C=O) groups is 1. The summed E-state index contributed by atoms with van der Waals surface area (Å²) in [5, 5.41) is 14.5. The molecule has 1 atom stereocenters. The van der Waals surface area contributed by atoms with E-state index in [9.17, 15) is 36.9 Å². The van der Waals surface area contributed by atoms with E-state index in [2.05, 4.69) is 10.2 Å². The highest BCUT2D eigenvalue weighted by Crippen LogP contribution is 2.38. The molecular formula is C28H29F5N4O5. The molecule has 2 aromatic carbocycles. The number of piperazine rings is 1. The molecule has 1 saturated heterocycles. The Labute approximate surface area is 237 Å². The summed E-state index contributed by atoms with van der Waals surface area (Å²) in [6, 6.07) is 6.56. The predicted octanol–water partition coefficient (Wildman–Crippen LogP) is 5.72. The first-order valence-corrected chi connectivity index (χ1v) is 13.6. The van der Waals surface area contributed by atoms with Crippen LogP contribution < -0.4 is 5.32 Å². The molecule has 1 aromatic heterocycles. The van der Waals surface area contributed by atoms with Crippen LogP contribution in [0.2, 0.25) is 0 Å². The molecule has 1 aliphatic carbocycles. The van der Waals surface area contributed by atoms with E-state index < -0.39 is 40.2 Å². The molecule has 2 heterocycles. The number of nitrogens with zero attached hydrogens (tertiary/aromatic N) is 3. The van der Waals surface area contributed by atoms with Crippen molar-refractivity contribution in [3.63, 3.8) is 0 Å². The van der Waals surface area contributed by atoms with E-state index in [1.807, 2.05) is 4.90 Å². The summed E-state index contributed by atoms with van der Waals surface area (Å²) in [5.74, 6) is -1.32. The molecule has 0 bridgehead atoms. The number of rotatable bonds is 9. The summed E-state index contributed by atoms with van der Waals surface area (Å²) in [6.45, 7) is 2.82. The molecule has 1 unspecified atom stereocenters. The van der Waals surface area contributed by atoms with E-state index in [1.54, 1.807) is 6.07 Å². The number of alkyl halides is 3. The zero-order chi connectivity index (χ0) is 30.0. The lowest BCUT2D eigenvalue weighted by Crippen LogP contribution is -2.52. The molecule has 3 aromatic rings. The molecule has 2 aliphatic rings. The van der Waals surface area contributed by atoms with Crippen molar-refractivity contribution in [1.82, 2.24) is 9.80 Å². The van der Waals surface area contributed by atoms with Crippen LogP contribution in [0.5, 0.6) is 0 Å². The number of fused-ring (bicyclic) bond motifs is 1. The summed E-state index contributed by atoms with van der Waals surface area (Å²) in [7, 11) is 0. The van der Waals surface area contributed by atoms with Crippen molar-refractivity contribution in [1.29, 1.82) is 0 Å². The Bertz CT molecular complexity index is 1390. The van der Waals surface area contributed by atoms with Crippen molar-refractivity contribution >= 4 is 28.6 Å². The van der Waals surface area contributed by atoms with Gasteiger partial charge in [0.25, 0.3) is 5.69 Å². The summed E-state index contributed by atoms with van der Waals surface area (Å²) in [6.07, 6.45) is -2.66. The highest BCUT2D eigenvalue weighted by molar-refractivity contribution is 5.78. The van der Waals surface area contributed by atoms with Crippen molar-refractivity contribution in [3.05, 3.63) is 69.5 Å². The van der Waals surface area contributed by atoms with E-state index in [0.29, 0.717) is 69.6 Å². The zero-order valence-corrected chi connectivity index (χ0v) is 22.4. The van der Waals surface area contributed by atoms with Gasteiger partial charge in [0.15, 0.2) is 24.1 Å². The van der Waals surface area contributed by atoms with Gasteiger partial charge >= 0.3 is 6.18 Å². The summed E-state index contributed by atoms with van der Waals surface area (Å²) in [4.78, 5) is 25.9. The molecule has 1 N–H and O–H groups in total. The second-order valence-electron chi connectivity index (χ2n) is 10.6. The molecule has 2 fully saturated rings. The van der Waals surface area contributed by atoms with Crippen LogP contribution in [0.15, 0.2) is 40.8 Å². The highest BCUT2D eigenvalue weighted by atomic mass is 19.4.